The Morgan fingerprint density at radius 3 is 2.13 bits per heavy atom. The van der Waals surface area contributed by atoms with Crippen LogP contribution in [0.25, 0.3) is 0 Å². The summed E-state index contributed by atoms with van der Waals surface area (Å²) in [6.07, 6.45) is 0.791. The number of aryl methyl sites for hydroxylation is 2. The van der Waals surface area contributed by atoms with Crippen molar-refractivity contribution in [2.45, 2.75) is 37.3 Å². The first-order chi connectivity index (χ1) is 17.9. The molecule has 0 atom stereocenters. The third-order valence-electron chi connectivity index (χ3n) is 6.61. The van der Waals surface area contributed by atoms with Crippen LogP contribution in [-0.2, 0) is 30.6 Å². The average Bonchev–Trinajstić information content (AvgIpc) is 2.86. The normalized spacial score (nSPS) is 15.2. The lowest BCUT2D eigenvalue weighted by Gasteiger charge is -2.30. The second kappa shape index (κ2) is 11.4. The van der Waals surface area contributed by atoms with E-state index >= 15 is 0 Å². The van der Waals surface area contributed by atoms with Crippen molar-refractivity contribution in [2.24, 2.45) is 5.92 Å². The van der Waals surface area contributed by atoms with Gasteiger partial charge in [-0.3, -0.25) is 9.52 Å². The second-order valence-electron chi connectivity index (χ2n) is 9.45. The molecule has 1 fully saturated rings. The SMILES string of the molecule is Cc1cccc(C)c1NS(=O)(=O)c1ccc(NC(=O)C2CCN(S(=O)(=O)Cc3cccc(Cl)c3)CC2)cc1. The van der Waals surface area contributed by atoms with Gasteiger partial charge in [0, 0.05) is 29.7 Å². The van der Waals surface area contributed by atoms with Gasteiger partial charge < -0.3 is 5.32 Å². The highest BCUT2D eigenvalue weighted by molar-refractivity contribution is 7.92. The van der Waals surface area contributed by atoms with E-state index in [1.165, 1.54) is 16.4 Å². The van der Waals surface area contributed by atoms with Crippen molar-refractivity contribution >= 4 is 48.9 Å². The number of para-hydroxylation sites is 1. The van der Waals surface area contributed by atoms with Gasteiger partial charge in [-0.1, -0.05) is 41.9 Å². The van der Waals surface area contributed by atoms with Gasteiger partial charge in [-0.05, 0) is 79.8 Å². The first-order valence-electron chi connectivity index (χ1n) is 12.2. The lowest BCUT2D eigenvalue weighted by molar-refractivity contribution is -0.120. The molecule has 4 rings (SSSR count). The number of piperidine rings is 1. The molecule has 38 heavy (non-hydrogen) atoms. The van der Waals surface area contributed by atoms with E-state index in [1.54, 1.807) is 36.4 Å². The fraction of sp³-hybridized carbons (Fsp3) is 0.296. The molecular formula is C27H30ClN3O5S2. The maximum absolute atomic E-state index is 12.9. The number of nitrogens with zero attached hydrogens (tertiary/aromatic N) is 1. The zero-order valence-electron chi connectivity index (χ0n) is 21.1. The molecule has 0 aliphatic carbocycles. The molecule has 0 bridgehead atoms. The van der Waals surface area contributed by atoms with E-state index in [0.717, 1.165) is 11.1 Å². The number of rotatable bonds is 8. The highest BCUT2D eigenvalue weighted by atomic mass is 35.5. The quantitative estimate of drug-likeness (QED) is 0.395. The molecule has 3 aromatic carbocycles. The van der Waals surface area contributed by atoms with Crippen molar-refractivity contribution in [3.8, 4) is 0 Å². The molecular weight excluding hydrogens is 546 g/mol. The Hall–Kier alpha value is -2.92. The lowest BCUT2D eigenvalue weighted by atomic mass is 9.97. The third-order valence-corrected chi connectivity index (χ3v) is 10.1. The van der Waals surface area contributed by atoms with Crippen molar-refractivity contribution in [1.82, 2.24) is 4.31 Å². The van der Waals surface area contributed by atoms with E-state index in [-0.39, 0.29) is 35.6 Å². The monoisotopic (exact) mass is 575 g/mol. The molecule has 0 unspecified atom stereocenters. The molecule has 3 aromatic rings. The summed E-state index contributed by atoms with van der Waals surface area (Å²) in [4.78, 5) is 12.9. The summed E-state index contributed by atoms with van der Waals surface area (Å²) in [6.45, 7) is 4.18. The average molecular weight is 576 g/mol. The number of amides is 1. The summed E-state index contributed by atoms with van der Waals surface area (Å²) in [5.74, 6) is -0.708. The van der Waals surface area contributed by atoms with Crippen molar-refractivity contribution < 1.29 is 21.6 Å². The van der Waals surface area contributed by atoms with Crippen LogP contribution < -0.4 is 10.0 Å². The molecule has 1 saturated heterocycles. The van der Waals surface area contributed by atoms with Crippen molar-refractivity contribution in [1.29, 1.82) is 0 Å². The summed E-state index contributed by atoms with van der Waals surface area (Å²) in [5.41, 5.74) is 3.27. The van der Waals surface area contributed by atoms with Crippen LogP contribution in [0.15, 0.2) is 71.6 Å². The van der Waals surface area contributed by atoms with Gasteiger partial charge in [0.05, 0.1) is 16.3 Å². The van der Waals surface area contributed by atoms with Gasteiger partial charge >= 0.3 is 0 Å². The molecule has 11 heteroatoms. The van der Waals surface area contributed by atoms with Crippen molar-refractivity contribution in [3.05, 3.63) is 88.4 Å². The number of benzene rings is 3. The van der Waals surface area contributed by atoms with Gasteiger partial charge in [0.25, 0.3) is 10.0 Å². The van der Waals surface area contributed by atoms with Crippen LogP contribution in [0.3, 0.4) is 0 Å². The molecule has 0 spiro atoms. The number of sulfonamides is 2. The number of hydrogen-bond acceptors (Lipinski definition) is 5. The molecule has 1 aliphatic heterocycles. The minimum Gasteiger partial charge on any atom is -0.326 e. The van der Waals surface area contributed by atoms with E-state index < -0.39 is 20.0 Å². The highest BCUT2D eigenvalue weighted by Crippen LogP contribution is 2.26. The zero-order valence-corrected chi connectivity index (χ0v) is 23.5. The first-order valence-corrected chi connectivity index (χ1v) is 15.6. The Morgan fingerprint density at radius 1 is 0.921 bits per heavy atom. The smallest absolute Gasteiger partial charge is 0.261 e. The third kappa shape index (κ3) is 6.74. The second-order valence-corrected chi connectivity index (χ2v) is 13.5. The number of carbonyl (C=O) groups is 1. The Kier molecular flexibility index (Phi) is 8.46. The van der Waals surface area contributed by atoms with Crippen LogP contribution in [-0.4, -0.2) is 40.1 Å². The molecule has 0 aromatic heterocycles. The van der Waals surface area contributed by atoms with E-state index in [1.807, 2.05) is 32.0 Å². The molecule has 1 aliphatic rings. The minimum absolute atomic E-state index is 0.0800. The topological polar surface area (TPSA) is 113 Å². The Morgan fingerprint density at radius 2 is 1.53 bits per heavy atom. The van der Waals surface area contributed by atoms with Crippen LogP contribution >= 0.6 is 11.6 Å². The molecule has 0 radical (unpaired) electrons. The van der Waals surface area contributed by atoms with Gasteiger partial charge in [-0.25, -0.2) is 21.1 Å². The molecule has 8 nitrogen and oxygen atoms in total. The van der Waals surface area contributed by atoms with E-state index in [2.05, 4.69) is 10.0 Å². The molecule has 1 heterocycles. The van der Waals surface area contributed by atoms with Crippen LogP contribution in [0, 0.1) is 19.8 Å². The number of carbonyl (C=O) groups excluding carboxylic acids is 1. The van der Waals surface area contributed by atoms with Gasteiger partial charge in [0.1, 0.15) is 0 Å². The van der Waals surface area contributed by atoms with Gasteiger partial charge in [0.2, 0.25) is 15.9 Å². The summed E-state index contributed by atoms with van der Waals surface area (Å²) in [7, 11) is -7.33. The van der Waals surface area contributed by atoms with Crippen molar-refractivity contribution in [3.63, 3.8) is 0 Å². The molecule has 2 N–H and O–H groups in total. The summed E-state index contributed by atoms with van der Waals surface area (Å²) >= 11 is 5.97. The number of hydrogen-bond donors (Lipinski definition) is 2. The highest BCUT2D eigenvalue weighted by Gasteiger charge is 2.31. The van der Waals surface area contributed by atoms with Gasteiger partial charge in [0.15, 0.2) is 0 Å². The Bertz CT molecular complexity index is 1510. The Labute approximate surface area is 229 Å². The van der Waals surface area contributed by atoms with Crippen LogP contribution in [0.4, 0.5) is 11.4 Å². The van der Waals surface area contributed by atoms with E-state index in [9.17, 15) is 21.6 Å². The van der Waals surface area contributed by atoms with Crippen molar-refractivity contribution in [2.75, 3.05) is 23.1 Å². The molecule has 1 amide bonds. The summed E-state index contributed by atoms with van der Waals surface area (Å²) < 4.78 is 55.5. The molecule has 0 saturated carbocycles. The predicted octanol–water partition coefficient (Wildman–Crippen LogP) is 4.94. The Balaban J connectivity index is 1.33. The number of anilines is 2. The first kappa shape index (κ1) is 28.1. The van der Waals surface area contributed by atoms with Gasteiger partial charge in [-0.2, -0.15) is 0 Å². The van der Waals surface area contributed by atoms with Gasteiger partial charge in [-0.15, -0.1) is 0 Å². The minimum atomic E-state index is -3.80. The summed E-state index contributed by atoms with van der Waals surface area (Å²) in [5, 5.41) is 3.30. The largest absolute Gasteiger partial charge is 0.326 e. The fourth-order valence-electron chi connectivity index (χ4n) is 4.46. The van der Waals surface area contributed by atoms with E-state index in [0.29, 0.717) is 34.8 Å². The summed E-state index contributed by atoms with van der Waals surface area (Å²) in [6, 6.07) is 18.3. The van der Waals surface area contributed by atoms with Crippen LogP contribution in [0.1, 0.15) is 29.5 Å². The number of nitrogens with one attached hydrogen (secondary N) is 2. The standard InChI is InChI=1S/C27H30ClN3O5S2/c1-19-5-3-6-20(2)26(19)30-38(35,36)25-11-9-24(10-12-25)29-27(32)22-13-15-31(16-14-22)37(33,34)18-21-7-4-8-23(28)17-21/h3-12,17,22,30H,13-16,18H2,1-2H3,(H,29,32). The number of halogens is 1. The van der Waals surface area contributed by atoms with E-state index in [4.69, 9.17) is 11.6 Å². The predicted molar refractivity (Wildman–Crippen MR) is 150 cm³/mol. The lowest BCUT2D eigenvalue weighted by Crippen LogP contribution is -2.41. The zero-order chi connectivity index (χ0) is 27.5. The fourth-order valence-corrected chi connectivity index (χ4v) is 7.42. The maximum Gasteiger partial charge on any atom is 0.261 e. The maximum atomic E-state index is 12.9. The molecule has 202 valence electrons. The van der Waals surface area contributed by atoms with Crippen LogP contribution in [0.2, 0.25) is 5.02 Å². The van der Waals surface area contributed by atoms with Crippen LogP contribution in [0.5, 0.6) is 0 Å².